The van der Waals surface area contributed by atoms with Gasteiger partial charge in [-0.2, -0.15) is 5.10 Å². The Morgan fingerprint density at radius 1 is 1.05 bits per heavy atom. The van der Waals surface area contributed by atoms with Crippen LogP contribution < -0.4 is 4.74 Å². The third-order valence-corrected chi connectivity index (χ3v) is 3.66. The molecule has 0 fully saturated rings. The summed E-state index contributed by atoms with van der Waals surface area (Å²) in [5.41, 5.74) is 2.90. The first kappa shape index (κ1) is 14.4. The fraction of sp³-hybridized carbons (Fsp3) is 0.118. The minimum atomic E-state index is 0.565. The average Bonchev–Trinajstić information content (AvgIpc) is 2.58. The van der Waals surface area contributed by atoms with Gasteiger partial charge in [0.1, 0.15) is 10.4 Å². The van der Waals surface area contributed by atoms with E-state index in [2.05, 4.69) is 15.2 Å². The highest BCUT2D eigenvalue weighted by Gasteiger charge is 2.06. The maximum Gasteiger partial charge on any atom is 0.179 e. The molecule has 1 N–H and O–H groups in total. The van der Waals surface area contributed by atoms with Crippen LogP contribution in [0.4, 0.5) is 0 Å². The van der Waals surface area contributed by atoms with Gasteiger partial charge in [0.2, 0.25) is 0 Å². The normalized spacial score (nSPS) is 10.4. The SMILES string of the molecule is COc1ccc(Cc2nc(-c3ccccc3)n[nH]c2=S)cc1. The second-order valence-electron chi connectivity index (χ2n) is 4.83. The minimum Gasteiger partial charge on any atom is -0.497 e. The monoisotopic (exact) mass is 309 g/mol. The number of methoxy groups -OCH3 is 1. The molecule has 1 heterocycles. The lowest BCUT2D eigenvalue weighted by Crippen LogP contribution is -2.01. The molecule has 0 aliphatic carbocycles. The summed E-state index contributed by atoms with van der Waals surface area (Å²) in [7, 11) is 1.65. The van der Waals surface area contributed by atoms with Gasteiger partial charge < -0.3 is 4.74 Å². The highest BCUT2D eigenvalue weighted by Crippen LogP contribution is 2.17. The van der Waals surface area contributed by atoms with Gasteiger partial charge in [-0.1, -0.05) is 54.7 Å². The minimum absolute atomic E-state index is 0.565. The average molecular weight is 309 g/mol. The molecule has 0 saturated heterocycles. The standard InChI is InChI=1S/C17H15N3OS/c1-21-14-9-7-12(8-10-14)11-15-17(22)20-19-16(18-15)13-5-3-2-4-6-13/h2-10H,11H2,1H3,(H,20,22). The van der Waals surface area contributed by atoms with Crippen molar-refractivity contribution >= 4 is 12.2 Å². The highest BCUT2D eigenvalue weighted by atomic mass is 32.1. The van der Waals surface area contributed by atoms with Crippen molar-refractivity contribution < 1.29 is 4.74 Å². The molecule has 0 aliphatic heterocycles. The van der Waals surface area contributed by atoms with Crippen LogP contribution in [0.2, 0.25) is 0 Å². The molecule has 3 aromatic rings. The van der Waals surface area contributed by atoms with Crippen LogP contribution in [-0.4, -0.2) is 22.3 Å². The quantitative estimate of drug-likeness (QED) is 0.745. The van der Waals surface area contributed by atoms with Crippen molar-refractivity contribution in [2.24, 2.45) is 0 Å². The van der Waals surface area contributed by atoms with E-state index in [1.165, 1.54) is 0 Å². The molecule has 0 unspecified atom stereocenters. The van der Waals surface area contributed by atoms with Gasteiger partial charge in [-0.15, -0.1) is 0 Å². The lowest BCUT2D eigenvalue weighted by molar-refractivity contribution is 0.414. The number of aromatic nitrogens is 3. The molecular formula is C17H15N3OS. The third-order valence-electron chi connectivity index (χ3n) is 3.33. The molecule has 0 atom stereocenters. The van der Waals surface area contributed by atoms with Crippen LogP contribution in [0.15, 0.2) is 54.6 Å². The van der Waals surface area contributed by atoms with E-state index >= 15 is 0 Å². The third kappa shape index (κ3) is 3.20. The van der Waals surface area contributed by atoms with Crippen LogP contribution in [0.5, 0.6) is 5.75 Å². The Bertz CT molecular complexity index is 813. The van der Waals surface area contributed by atoms with Gasteiger partial charge in [0.05, 0.1) is 12.8 Å². The molecule has 110 valence electrons. The summed E-state index contributed by atoms with van der Waals surface area (Å²) in [6.45, 7) is 0. The number of benzene rings is 2. The van der Waals surface area contributed by atoms with Gasteiger partial charge in [-0.25, -0.2) is 4.98 Å². The molecule has 0 radical (unpaired) electrons. The zero-order valence-corrected chi connectivity index (χ0v) is 12.9. The van der Waals surface area contributed by atoms with Crippen molar-refractivity contribution in [1.29, 1.82) is 0 Å². The van der Waals surface area contributed by atoms with E-state index < -0.39 is 0 Å². The van der Waals surface area contributed by atoms with E-state index in [1.54, 1.807) is 7.11 Å². The van der Waals surface area contributed by atoms with Gasteiger partial charge >= 0.3 is 0 Å². The van der Waals surface area contributed by atoms with E-state index in [0.717, 1.165) is 22.6 Å². The van der Waals surface area contributed by atoms with Crippen LogP contribution in [0, 0.1) is 4.64 Å². The Morgan fingerprint density at radius 2 is 1.77 bits per heavy atom. The van der Waals surface area contributed by atoms with E-state index in [1.807, 2.05) is 54.6 Å². The Kier molecular flexibility index (Phi) is 4.25. The van der Waals surface area contributed by atoms with E-state index in [4.69, 9.17) is 17.0 Å². The van der Waals surface area contributed by atoms with Gasteiger partial charge in [0, 0.05) is 12.0 Å². The van der Waals surface area contributed by atoms with Crippen LogP contribution in [-0.2, 0) is 6.42 Å². The molecule has 22 heavy (non-hydrogen) atoms. The predicted octanol–water partition coefficient (Wildman–Crippen LogP) is 3.80. The lowest BCUT2D eigenvalue weighted by atomic mass is 10.1. The molecular weight excluding hydrogens is 294 g/mol. The van der Waals surface area contributed by atoms with Crippen LogP contribution >= 0.6 is 12.2 Å². The second-order valence-corrected chi connectivity index (χ2v) is 5.23. The first-order chi connectivity index (χ1) is 10.8. The largest absolute Gasteiger partial charge is 0.497 e. The van der Waals surface area contributed by atoms with Gasteiger partial charge in [0.25, 0.3) is 0 Å². The number of hydrogen-bond acceptors (Lipinski definition) is 4. The Morgan fingerprint density at radius 3 is 2.45 bits per heavy atom. The molecule has 4 nitrogen and oxygen atoms in total. The topological polar surface area (TPSA) is 50.8 Å². The number of H-pyrrole nitrogens is 1. The Hall–Kier alpha value is -2.53. The summed E-state index contributed by atoms with van der Waals surface area (Å²) in [6.07, 6.45) is 0.654. The zero-order valence-electron chi connectivity index (χ0n) is 12.1. The Labute approximate surface area is 133 Å². The fourth-order valence-electron chi connectivity index (χ4n) is 2.14. The molecule has 0 amide bonds. The van der Waals surface area contributed by atoms with Gasteiger partial charge in [0.15, 0.2) is 5.82 Å². The number of nitrogens with one attached hydrogen (secondary N) is 1. The van der Waals surface area contributed by atoms with E-state index in [0.29, 0.717) is 16.9 Å². The highest BCUT2D eigenvalue weighted by molar-refractivity contribution is 7.71. The number of ether oxygens (including phenoxy) is 1. The van der Waals surface area contributed by atoms with E-state index in [-0.39, 0.29) is 0 Å². The zero-order chi connectivity index (χ0) is 15.4. The maximum atomic E-state index is 5.30. The van der Waals surface area contributed by atoms with Crippen LogP contribution in [0.1, 0.15) is 11.3 Å². The second kappa shape index (κ2) is 6.49. The molecule has 0 bridgehead atoms. The first-order valence-corrected chi connectivity index (χ1v) is 7.31. The lowest BCUT2D eigenvalue weighted by Gasteiger charge is -2.05. The molecule has 0 aliphatic rings. The fourth-order valence-corrected chi connectivity index (χ4v) is 2.31. The first-order valence-electron chi connectivity index (χ1n) is 6.90. The van der Waals surface area contributed by atoms with Gasteiger partial charge in [-0.3, -0.25) is 5.10 Å². The summed E-state index contributed by atoms with van der Waals surface area (Å²) >= 11 is 5.30. The Balaban J connectivity index is 1.91. The summed E-state index contributed by atoms with van der Waals surface area (Å²) < 4.78 is 5.73. The number of rotatable bonds is 4. The van der Waals surface area contributed by atoms with Crippen molar-refractivity contribution in [2.45, 2.75) is 6.42 Å². The van der Waals surface area contributed by atoms with E-state index in [9.17, 15) is 0 Å². The molecule has 1 aromatic heterocycles. The number of nitrogens with zero attached hydrogens (tertiary/aromatic N) is 2. The smallest absolute Gasteiger partial charge is 0.179 e. The number of aromatic amines is 1. The maximum absolute atomic E-state index is 5.30. The summed E-state index contributed by atoms with van der Waals surface area (Å²) in [5, 5.41) is 7.11. The molecule has 2 aromatic carbocycles. The summed E-state index contributed by atoms with van der Waals surface area (Å²) in [4.78, 5) is 4.60. The van der Waals surface area contributed by atoms with Crippen molar-refractivity contribution in [3.8, 4) is 17.1 Å². The summed E-state index contributed by atoms with van der Waals surface area (Å²) in [6, 6.07) is 17.7. The van der Waals surface area contributed by atoms with Crippen molar-refractivity contribution in [3.05, 3.63) is 70.5 Å². The molecule has 3 rings (SSSR count). The molecule has 0 saturated carbocycles. The summed E-state index contributed by atoms with van der Waals surface area (Å²) in [5.74, 6) is 1.49. The van der Waals surface area contributed by atoms with Crippen LogP contribution in [0.3, 0.4) is 0 Å². The molecule has 0 spiro atoms. The van der Waals surface area contributed by atoms with Crippen molar-refractivity contribution in [1.82, 2.24) is 15.2 Å². The number of hydrogen-bond donors (Lipinski definition) is 1. The van der Waals surface area contributed by atoms with Crippen molar-refractivity contribution in [2.75, 3.05) is 7.11 Å². The predicted molar refractivity (Wildman–Crippen MR) is 88.5 cm³/mol. The van der Waals surface area contributed by atoms with Crippen molar-refractivity contribution in [3.63, 3.8) is 0 Å². The van der Waals surface area contributed by atoms with Crippen LogP contribution in [0.25, 0.3) is 11.4 Å². The molecule has 5 heteroatoms. The van der Waals surface area contributed by atoms with Gasteiger partial charge in [-0.05, 0) is 17.7 Å².